The number of rotatable bonds is 7. The molecule has 6 heteroatoms. The molecular formula is C15H23N3O3. The summed E-state index contributed by atoms with van der Waals surface area (Å²) in [4.78, 5) is 12.1. The molecule has 0 bridgehead atoms. The second-order valence-corrected chi connectivity index (χ2v) is 5.65. The van der Waals surface area contributed by atoms with Crippen molar-refractivity contribution in [3.8, 4) is 0 Å². The third-order valence-corrected chi connectivity index (χ3v) is 3.26. The van der Waals surface area contributed by atoms with E-state index in [4.69, 9.17) is 15.7 Å². The van der Waals surface area contributed by atoms with Crippen molar-refractivity contribution in [3.05, 3.63) is 35.4 Å². The minimum absolute atomic E-state index is 0.0163. The molecule has 0 fully saturated rings. The van der Waals surface area contributed by atoms with Crippen LogP contribution in [0.4, 0.5) is 0 Å². The Morgan fingerprint density at radius 1 is 1.33 bits per heavy atom. The first-order valence-electron chi connectivity index (χ1n) is 6.75. The van der Waals surface area contributed by atoms with Crippen LogP contribution in [0, 0.1) is 5.41 Å². The van der Waals surface area contributed by atoms with Gasteiger partial charge in [-0.25, -0.2) is 0 Å². The van der Waals surface area contributed by atoms with Gasteiger partial charge < -0.3 is 21.0 Å². The van der Waals surface area contributed by atoms with Gasteiger partial charge in [0.1, 0.15) is 0 Å². The number of amidine groups is 1. The van der Waals surface area contributed by atoms with Gasteiger partial charge in [-0.15, -0.1) is 0 Å². The third-order valence-electron chi connectivity index (χ3n) is 3.26. The molecule has 0 heterocycles. The van der Waals surface area contributed by atoms with Crippen LogP contribution in [-0.2, 0) is 4.74 Å². The van der Waals surface area contributed by atoms with Crippen molar-refractivity contribution in [2.24, 2.45) is 16.3 Å². The zero-order chi connectivity index (χ0) is 15.9. The number of carbonyl (C=O) groups excluding carboxylic acids is 1. The summed E-state index contributed by atoms with van der Waals surface area (Å²) < 4.78 is 5.06. The molecule has 0 aliphatic heterocycles. The molecule has 0 saturated heterocycles. The summed E-state index contributed by atoms with van der Waals surface area (Å²) in [5.74, 6) is -0.130. The van der Waals surface area contributed by atoms with E-state index in [1.54, 1.807) is 31.4 Å². The Morgan fingerprint density at radius 3 is 2.43 bits per heavy atom. The van der Waals surface area contributed by atoms with E-state index in [2.05, 4.69) is 24.3 Å². The van der Waals surface area contributed by atoms with E-state index in [9.17, 15) is 4.79 Å². The van der Waals surface area contributed by atoms with Crippen LogP contribution < -0.4 is 11.1 Å². The van der Waals surface area contributed by atoms with Crippen molar-refractivity contribution in [2.45, 2.75) is 20.3 Å². The predicted octanol–water partition coefficient (Wildman–Crippen LogP) is 1.57. The molecule has 0 spiro atoms. The number of benzene rings is 1. The molecule has 0 saturated carbocycles. The Bertz CT molecular complexity index is 495. The van der Waals surface area contributed by atoms with E-state index in [-0.39, 0.29) is 17.2 Å². The SMILES string of the molecule is COCCC(C)(C)CNC(=O)c1ccc(/C(N)=N/O)cc1. The number of nitrogens with one attached hydrogen (secondary N) is 1. The van der Waals surface area contributed by atoms with Crippen molar-refractivity contribution in [1.82, 2.24) is 5.32 Å². The minimum Gasteiger partial charge on any atom is -0.409 e. The van der Waals surface area contributed by atoms with E-state index in [0.717, 1.165) is 6.42 Å². The van der Waals surface area contributed by atoms with E-state index in [1.165, 1.54) is 0 Å². The van der Waals surface area contributed by atoms with Crippen LogP contribution in [0.3, 0.4) is 0 Å². The fourth-order valence-electron chi connectivity index (χ4n) is 1.74. The summed E-state index contributed by atoms with van der Waals surface area (Å²) >= 11 is 0. The molecule has 1 aromatic carbocycles. The minimum atomic E-state index is -0.147. The largest absolute Gasteiger partial charge is 0.409 e. The van der Waals surface area contributed by atoms with Gasteiger partial charge in [0.15, 0.2) is 5.84 Å². The average Bonchev–Trinajstić information content (AvgIpc) is 2.50. The van der Waals surface area contributed by atoms with E-state index in [1.807, 2.05) is 0 Å². The summed E-state index contributed by atoms with van der Waals surface area (Å²) in [7, 11) is 1.66. The lowest BCUT2D eigenvalue weighted by Crippen LogP contribution is -2.34. The quantitative estimate of drug-likeness (QED) is 0.308. The second-order valence-electron chi connectivity index (χ2n) is 5.65. The molecular weight excluding hydrogens is 270 g/mol. The molecule has 0 atom stereocenters. The third kappa shape index (κ3) is 5.43. The van der Waals surface area contributed by atoms with Gasteiger partial charge in [-0.05, 0) is 24.0 Å². The summed E-state index contributed by atoms with van der Waals surface area (Å²) in [6.07, 6.45) is 0.867. The van der Waals surface area contributed by atoms with Gasteiger partial charge in [0.2, 0.25) is 0 Å². The average molecular weight is 293 g/mol. The molecule has 0 radical (unpaired) electrons. The maximum atomic E-state index is 12.1. The van der Waals surface area contributed by atoms with Crippen LogP contribution in [-0.4, -0.2) is 37.2 Å². The summed E-state index contributed by atoms with van der Waals surface area (Å²) in [6.45, 7) is 5.39. The molecule has 6 nitrogen and oxygen atoms in total. The Hall–Kier alpha value is -2.08. The molecule has 1 amide bonds. The number of hydrogen-bond donors (Lipinski definition) is 3. The van der Waals surface area contributed by atoms with Gasteiger partial charge in [-0.1, -0.05) is 31.1 Å². The van der Waals surface area contributed by atoms with Crippen molar-refractivity contribution >= 4 is 11.7 Å². The zero-order valence-corrected chi connectivity index (χ0v) is 12.7. The van der Waals surface area contributed by atoms with E-state index in [0.29, 0.717) is 24.3 Å². The summed E-state index contributed by atoms with van der Waals surface area (Å²) in [5.41, 5.74) is 6.54. The van der Waals surface area contributed by atoms with E-state index >= 15 is 0 Å². The number of hydrogen-bond acceptors (Lipinski definition) is 4. The van der Waals surface area contributed by atoms with Crippen molar-refractivity contribution in [2.75, 3.05) is 20.3 Å². The number of methoxy groups -OCH3 is 1. The smallest absolute Gasteiger partial charge is 0.251 e. The summed E-state index contributed by atoms with van der Waals surface area (Å²) in [6, 6.07) is 6.57. The Morgan fingerprint density at radius 2 is 1.90 bits per heavy atom. The number of nitrogens with zero attached hydrogens (tertiary/aromatic N) is 1. The zero-order valence-electron chi connectivity index (χ0n) is 12.7. The summed E-state index contributed by atoms with van der Waals surface area (Å²) in [5, 5.41) is 14.4. The number of ether oxygens (including phenoxy) is 1. The molecule has 116 valence electrons. The lowest BCUT2D eigenvalue weighted by molar-refractivity contribution is 0.0921. The molecule has 1 rings (SSSR count). The molecule has 0 aliphatic rings. The van der Waals surface area contributed by atoms with Gasteiger partial charge in [0, 0.05) is 31.4 Å². The standard InChI is InChI=1S/C15H23N3O3/c1-15(2,8-9-21-3)10-17-14(19)12-6-4-11(5-7-12)13(16)18-20/h4-7,20H,8-10H2,1-3H3,(H2,16,18)(H,17,19). The maximum Gasteiger partial charge on any atom is 0.251 e. The fraction of sp³-hybridized carbons (Fsp3) is 0.467. The Labute approximate surface area is 125 Å². The van der Waals surface area contributed by atoms with Crippen LogP contribution in [0.15, 0.2) is 29.4 Å². The molecule has 4 N–H and O–H groups in total. The molecule has 1 aromatic rings. The van der Waals surface area contributed by atoms with Crippen LogP contribution in [0.2, 0.25) is 0 Å². The maximum absolute atomic E-state index is 12.1. The highest BCUT2D eigenvalue weighted by Crippen LogP contribution is 2.19. The van der Waals surface area contributed by atoms with Gasteiger partial charge in [0.05, 0.1) is 0 Å². The monoisotopic (exact) mass is 293 g/mol. The highest BCUT2D eigenvalue weighted by molar-refractivity contribution is 5.99. The normalized spacial score (nSPS) is 12.2. The van der Waals surface area contributed by atoms with Crippen molar-refractivity contribution in [1.29, 1.82) is 0 Å². The first-order valence-corrected chi connectivity index (χ1v) is 6.75. The van der Waals surface area contributed by atoms with Crippen LogP contribution >= 0.6 is 0 Å². The molecule has 0 aromatic heterocycles. The number of nitrogens with two attached hydrogens (primary N) is 1. The Kier molecular flexibility index (Phi) is 6.17. The highest BCUT2D eigenvalue weighted by Gasteiger charge is 2.19. The Balaban J connectivity index is 2.60. The van der Waals surface area contributed by atoms with Gasteiger partial charge >= 0.3 is 0 Å². The first-order chi connectivity index (χ1) is 9.89. The predicted molar refractivity (Wildman–Crippen MR) is 81.6 cm³/mol. The van der Waals surface area contributed by atoms with Gasteiger partial charge in [-0.2, -0.15) is 0 Å². The van der Waals surface area contributed by atoms with Crippen LogP contribution in [0.25, 0.3) is 0 Å². The van der Waals surface area contributed by atoms with Crippen molar-refractivity contribution < 1.29 is 14.7 Å². The lowest BCUT2D eigenvalue weighted by atomic mass is 9.89. The van der Waals surface area contributed by atoms with Gasteiger partial charge in [-0.3, -0.25) is 4.79 Å². The van der Waals surface area contributed by atoms with E-state index < -0.39 is 0 Å². The van der Waals surface area contributed by atoms with Crippen molar-refractivity contribution in [3.63, 3.8) is 0 Å². The fourth-order valence-corrected chi connectivity index (χ4v) is 1.74. The second kappa shape index (κ2) is 7.64. The lowest BCUT2D eigenvalue weighted by Gasteiger charge is -2.24. The van der Waals surface area contributed by atoms with Gasteiger partial charge in [0.25, 0.3) is 5.91 Å². The molecule has 0 aliphatic carbocycles. The van der Waals surface area contributed by atoms with Crippen LogP contribution in [0.5, 0.6) is 0 Å². The molecule has 0 unspecified atom stereocenters. The highest BCUT2D eigenvalue weighted by atomic mass is 16.5. The first kappa shape index (κ1) is 17.0. The number of oxime groups is 1. The number of amides is 1. The van der Waals surface area contributed by atoms with Crippen LogP contribution in [0.1, 0.15) is 36.2 Å². The molecule has 21 heavy (non-hydrogen) atoms. The number of carbonyl (C=O) groups is 1. The topological polar surface area (TPSA) is 96.9 Å².